The molecule has 0 amide bonds. The van der Waals surface area contributed by atoms with E-state index in [2.05, 4.69) is 9.47 Å². The first-order chi connectivity index (χ1) is 6.21. The first-order valence-corrected chi connectivity index (χ1v) is 4.38. The fourth-order valence-corrected chi connectivity index (χ4v) is 1.02. The summed E-state index contributed by atoms with van der Waals surface area (Å²) in [6.07, 6.45) is 0. The summed E-state index contributed by atoms with van der Waals surface area (Å²) in [4.78, 5) is 22.9. The van der Waals surface area contributed by atoms with Gasteiger partial charge in [-0.1, -0.05) is 0 Å². The number of esters is 2. The molecule has 0 heterocycles. The molecule has 0 saturated carbocycles. The van der Waals surface area contributed by atoms with Crippen molar-refractivity contribution in [2.75, 3.05) is 14.2 Å². The zero-order valence-electron chi connectivity index (χ0n) is 9.63. The molecular formula is C10H18O4. The van der Waals surface area contributed by atoms with Gasteiger partial charge in [0.05, 0.1) is 25.0 Å². The van der Waals surface area contributed by atoms with Gasteiger partial charge in [0, 0.05) is 0 Å². The molecule has 0 aliphatic rings. The maximum Gasteiger partial charge on any atom is 0.312 e. The van der Waals surface area contributed by atoms with Crippen LogP contribution in [0.3, 0.4) is 0 Å². The molecule has 0 saturated heterocycles. The summed E-state index contributed by atoms with van der Waals surface area (Å²) < 4.78 is 9.30. The Morgan fingerprint density at radius 3 is 1.14 bits per heavy atom. The molecule has 0 bridgehead atoms. The highest BCUT2D eigenvalue weighted by Crippen LogP contribution is 2.40. The van der Waals surface area contributed by atoms with Crippen LogP contribution in [0.1, 0.15) is 27.7 Å². The van der Waals surface area contributed by atoms with Crippen molar-refractivity contribution < 1.29 is 19.1 Å². The van der Waals surface area contributed by atoms with Crippen molar-refractivity contribution in [2.24, 2.45) is 10.8 Å². The first-order valence-electron chi connectivity index (χ1n) is 4.38. The molecule has 0 rings (SSSR count). The molecule has 0 aromatic heterocycles. The predicted molar refractivity (Wildman–Crippen MR) is 51.6 cm³/mol. The number of methoxy groups -OCH3 is 2. The standard InChI is InChI=1S/C10H18O4/c1-9(2,7(11)13-5)10(3,4)8(12)14-6/h1-6H3. The van der Waals surface area contributed by atoms with E-state index < -0.39 is 22.8 Å². The molecule has 0 aromatic carbocycles. The third kappa shape index (κ3) is 1.89. The van der Waals surface area contributed by atoms with E-state index in [9.17, 15) is 9.59 Å². The van der Waals surface area contributed by atoms with Gasteiger partial charge in [-0.05, 0) is 27.7 Å². The van der Waals surface area contributed by atoms with Crippen LogP contribution in [0.2, 0.25) is 0 Å². The van der Waals surface area contributed by atoms with Gasteiger partial charge in [0.15, 0.2) is 0 Å². The molecule has 0 fully saturated rings. The SMILES string of the molecule is COC(=O)C(C)(C)C(C)(C)C(=O)OC. The third-order valence-electron chi connectivity index (χ3n) is 2.95. The lowest BCUT2D eigenvalue weighted by Gasteiger charge is -2.36. The lowest BCUT2D eigenvalue weighted by atomic mass is 9.68. The Kier molecular flexibility index (Phi) is 3.68. The topological polar surface area (TPSA) is 52.6 Å². The molecule has 4 nitrogen and oxygen atoms in total. The summed E-state index contributed by atoms with van der Waals surface area (Å²) in [5.74, 6) is -0.846. The second-order valence-corrected chi connectivity index (χ2v) is 4.23. The number of rotatable bonds is 3. The fourth-order valence-electron chi connectivity index (χ4n) is 1.02. The highest BCUT2D eigenvalue weighted by atomic mass is 16.5. The average Bonchev–Trinajstić information content (AvgIpc) is 2.14. The number of carbonyl (C=O) groups is 2. The van der Waals surface area contributed by atoms with Crippen LogP contribution in [0.15, 0.2) is 0 Å². The number of ether oxygens (including phenoxy) is 2. The molecule has 14 heavy (non-hydrogen) atoms. The Balaban J connectivity index is 5.06. The molecule has 0 N–H and O–H groups in total. The first kappa shape index (κ1) is 12.9. The third-order valence-corrected chi connectivity index (χ3v) is 2.95. The summed E-state index contributed by atoms with van der Waals surface area (Å²) in [5.41, 5.74) is -1.82. The van der Waals surface area contributed by atoms with Crippen LogP contribution in [0.5, 0.6) is 0 Å². The average molecular weight is 202 g/mol. The summed E-state index contributed by atoms with van der Waals surface area (Å²) in [6, 6.07) is 0. The van der Waals surface area contributed by atoms with E-state index >= 15 is 0 Å². The molecule has 82 valence electrons. The fraction of sp³-hybridized carbons (Fsp3) is 0.800. The van der Waals surface area contributed by atoms with Crippen molar-refractivity contribution >= 4 is 11.9 Å². The van der Waals surface area contributed by atoms with Crippen molar-refractivity contribution in [2.45, 2.75) is 27.7 Å². The van der Waals surface area contributed by atoms with Crippen LogP contribution in [-0.2, 0) is 19.1 Å². The molecule has 4 heteroatoms. The summed E-state index contributed by atoms with van der Waals surface area (Å²) >= 11 is 0. The minimum atomic E-state index is -0.908. The smallest absolute Gasteiger partial charge is 0.312 e. The van der Waals surface area contributed by atoms with Crippen LogP contribution in [0, 0.1) is 10.8 Å². The van der Waals surface area contributed by atoms with Gasteiger partial charge in [0.25, 0.3) is 0 Å². The Hall–Kier alpha value is -1.06. The zero-order valence-corrected chi connectivity index (χ0v) is 9.63. The van der Waals surface area contributed by atoms with E-state index in [1.807, 2.05) is 0 Å². The summed E-state index contributed by atoms with van der Waals surface area (Å²) in [5, 5.41) is 0. The zero-order chi connectivity index (χ0) is 11.6. The molecule has 0 aromatic rings. The van der Waals surface area contributed by atoms with Gasteiger partial charge in [-0.15, -0.1) is 0 Å². The van der Waals surface area contributed by atoms with Crippen molar-refractivity contribution in [1.82, 2.24) is 0 Å². The van der Waals surface area contributed by atoms with E-state index in [1.54, 1.807) is 27.7 Å². The summed E-state index contributed by atoms with van der Waals surface area (Å²) in [7, 11) is 2.61. The van der Waals surface area contributed by atoms with Gasteiger partial charge in [-0.25, -0.2) is 0 Å². The van der Waals surface area contributed by atoms with E-state index in [1.165, 1.54) is 14.2 Å². The van der Waals surface area contributed by atoms with E-state index in [0.29, 0.717) is 0 Å². The molecule has 0 spiro atoms. The highest BCUT2D eigenvalue weighted by Gasteiger charge is 2.50. The van der Waals surface area contributed by atoms with Gasteiger partial charge in [0.1, 0.15) is 0 Å². The lowest BCUT2D eigenvalue weighted by Crippen LogP contribution is -2.46. The van der Waals surface area contributed by atoms with E-state index in [4.69, 9.17) is 0 Å². The second kappa shape index (κ2) is 3.98. The largest absolute Gasteiger partial charge is 0.469 e. The molecule has 0 unspecified atom stereocenters. The molecule has 0 aliphatic heterocycles. The Bertz CT molecular complexity index is 215. The van der Waals surface area contributed by atoms with Crippen molar-refractivity contribution in [1.29, 1.82) is 0 Å². The maximum atomic E-state index is 11.5. The van der Waals surface area contributed by atoms with Gasteiger partial charge < -0.3 is 9.47 Å². The number of carbonyl (C=O) groups excluding carboxylic acids is 2. The normalized spacial score (nSPS) is 12.1. The van der Waals surface area contributed by atoms with Crippen LogP contribution in [0.25, 0.3) is 0 Å². The van der Waals surface area contributed by atoms with Crippen molar-refractivity contribution in [3.8, 4) is 0 Å². The summed E-state index contributed by atoms with van der Waals surface area (Å²) in [6.45, 7) is 6.65. The van der Waals surface area contributed by atoms with Gasteiger partial charge in [0.2, 0.25) is 0 Å². The monoisotopic (exact) mass is 202 g/mol. The minimum absolute atomic E-state index is 0.423. The van der Waals surface area contributed by atoms with Gasteiger partial charge >= 0.3 is 11.9 Å². The quantitative estimate of drug-likeness (QED) is 0.649. The Morgan fingerprint density at radius 2 is 1.00 bits per heavy atom. The van der Waals surface area contributed by atoms with Crippen molar-refractivity contribution in [3.63, 3.8) is 0 Å². The Morgan fingerprint density at radius 1 is 0.786 bits per heavy atom. The highest BCUT2D eigenvalue weighted by molar-refractivity contribution is 5.87. The van der Waals surface area contributed by atoms with Crippen LogP contribution >= 0.6 is 0 Å². The van der Waals surface area contributed by atoms with Crippen LogP contribution in [0.4, 0.5) is 0 Å². The van der Waals surface area contributed by atoms with E-state index in [-0.39, 0.29) is 0 Å². The van der Waals surface area contributed by atoms with Gasteiger partial charge in [-0.3, -0.25) is 9.59 Å². The van der Waals surface area contributed by atoms with Crippen LogP contribution in [-0.4, -0.2) is 26.2 Å². The lowest BCUT2D eigenvalue weighted by molar-refractivity contribution is -0.172. The van der Waals surface area contributed by atoms with Crippen molar-refractivity contribution in [3.05, 3.63) is 0 Å². The molecule has 0 atom stereocenters. The molecular weight excluding hydrogens is 184 g/mol. The Labute approximate surface area is 84.6 Å². The van der Waals surface area contributed by atoms with Gasteiger partial charge in [-0.2, -0.15) is 0 Å². The second-order valence-electron chi connectivity index (χ2n) is 4.23. The minimum Gasteiger partial charge on any atom is -0.469 e. The van der Waals surface area contributed by atoms with E-state index in [0.717, 1.165) is 0 Å². The number of hydrogen-bond donors (Lipinski definition) is 0. The van der Waals surface area contributed by atoms with Crippen LogP contribution < -0.4 is 0 Å². The molecule has 0 aliphatic carbocycles. The molecule has 0 radical (unpaired) electrons. The number of hydrogen-bond acceptors (Lipinski definition) is 4. The predicted octanol–water partition coefficient (Wildman–Crippen LogP) is 1.38. The maximum absolute atomic E-state index is 11.5.